The molecule has 0 aliphatic carbocycles. The third-order valence-electron chi connectivity index (χ3n) is 1.94. The van der Waals surface area contributed by atoms with Crippen LogP contribution in [0, 0.1) is 0 Å². The molecule has 0 aromatic heterocycles. The summed E-state index contributed by atoms with van der Waals surface area (Å²) in [6.45, 7) is 4.58. The fourth-order valence-electron chi connectivity index (χ4n) is 1.00. The summed E-state index contributed by atoms with van der Waals surface area (Å²) in [5, 5.41) is 0. The van der Waals surface area contributed by atoms with Gasteiger partial charge in [0.1, 0.15) is 0 Å². The monoisotopic (exact) mass is 202 g/mol. The van der Waals surface area contributed by atoms with Crippen LogP contribution in [0.15, 0.2) is 0 Å². The highest BCUT2D eigenvalue weighted by atomic mass is 16.5. The number of ether oxygens (including phenoxy) is 1. The van der Waals surface area contributed by atoms with Gasteiger partial charge in [0.15, 0.2) is 0 Å². The molecule has 0 aromatic carbocycles. The molecule has 0 saturated heterocycles. The number of carbonyl (C=O) groups is 2. The predicted octanol–water partition coefficient (Wildman–Crippen LogP) is -0.255. The lowest BCUT2D eigenvalue weighted by Gasteiger charge is -2.24. The zero-order chi connectivity index (χ0) is 11.1. The van der Waals surface area contributed by atoms with Crippen LogP contribution >= 0.6 is 0 Å². The number of primary amides is 1. The number of hydrogen-bond acceptors (Lipinski definition) is 4. The Labute approximate surface area is 84.2 Å². The van der Waals surface area contributed by atoms with E-state index in [9.17, 15) is 9.59 Å². The fourth-order valence-corrected chi connectivity index (χ4v) is 1.00. The number of nitrogens with two attached hydrogens (primary N) is 1. The average Bonchev–Trinajstić information content (AvgIpc) is 2.10. The summed E-state index contributed by atoms with van der Waals surface area (Å²) >= 11 is 0. The second-order valence-electron chi connectivity index (χ2n) is 3.36. The van der Waals surface area contributed by atoms with Gasteiger partial charge in [-0.3, -0.25) is 14.5 Å². The van der Waals surface area contributed by atoms with E-state index in [1.807, 2.05) is 18.7 Å². The van der Waals surface area contributed by atoms with Crippen LogP contribution in [0.25, 0.3) is 0 Å². The highest BCUT2D eigenvalue weighted by Gasteiger charge is 2.14. The van der Waals surface area contributed by atoms with Gasteiger partial charge >= 0.3 is 5.97 Å². The molecule has 0 saturated carbocycles. The number of methoxy groups -OCH3 is 1. The van der Waals surface area contributed by atoms with Gasteiger partial charge in [-0.05, 0) is 13.8 Å². The summed E-state index contributed by atoms with van der Waals surface area (Å²) in [5.41, 5.74) is 5.02. The highest BCUT2D eigenvalue weighted by Crippen LogP contribution is 1.99. The Morgan fingerprint density at radius 2 is 2.00 bits per heavy atom. The van der Waals surface area contributed by atoms with Crippen molar-refractivity contribution >= 4 is 11.9 Å². The minimum absolute atomic E-state index is 0.188. The van der Waals surface area contributed by atoms with E-state index in [0.29, 0.717) is 6.54 Å². The van der Waals surface area contributed by atoms with Crippen molar-refractivity contribution in [1.82, 2.24) is 4.90 Å². The van der Waals surface area contributed by atoms with Gasteiger partial charge in [0.25, 0.3) is 0 Å². The zero-order valence-corrected chi connectivity index (χ0v) is 8.95. The molecule has 0 radical (unpaired) electrons. The van der Waals surface area contributed by atoms with Gasteiger partial charge < -0.3 is 10.5 Å². The first-order chi connectivity index (χ1) is 6.47. The first-order valence-corrected chi connectivity index (χ1v) is 4.56. The maximum Gasteiger partial charge on any atom is 0.319 e. The molecule has 5 heteroatoms. The van der Waals surface area contributed by atoms with Crippen LogP contribution in [0.4, 0.5) is 0 Å². The largest absolute Gasteiger partial charge is 0.468 e. The Bertz CT molecular complexity index is 204. The van der Waals surface area contributed by atoms with Crippen LogP contribution in [0.5, 0.6) is 0 Å². The molecule has 0 fully saturated rings. The van der Waals surface area contributed by atoms with Crippen molar-refractivity contribution in [2.24, 2.45) is 5.73 Å². The van der Waals surface area contributed by atoms with Crippen LogP contribution < -0.4 is 5.73 Å². The van der Waals surface area contributed by atoms with Gasteiger partial charge in [0, 0.05) is 19.0 Å². The quantitative estimate of drug-likeness (QED) is 0.602. The molecule has 0 aliphatic heterocycles. The molecule has 1 amide bonds. The highest BCUT2D eigenvalue weighted by molar-refractivity contribution is 5.74. The lowest BCUT2D eigenvalue weighted by atomic mass is 10.3. The molecule has 0 atom stereocenters. The van der Waals surface area contributed by atoms with Crippen molar-refractivity contribution in [3.63, 3.8) is 0 Å². The fraction of sp³-hybridized carbons (Fsp3) is 0.778. The Kier molecular flexibility index (Phi) is 5.87. The molecule has 0 unspecified atom stereocenters. The normalized spacial score (nSPS) is 10.6. The van der Waals surface area contributed by atoms with Gasteiger partial charge in [-0.15, -0.1) is 0 Å². The Hall–Kier alpha value is -1.10. The van der Waals surface area contributed by atoms with Crippen LogP contribution in [0.2, 0.25) is 0 Å². The summed E-state index contributed by atoms with van der Waals surface area (Å²) < 4.78 is 4.54. The number of carbonyl (C=O) groups excluding carboxylic acids is 2. The third kappa shape index (κ3) is 5.53. The van der Waals surface area contributed by atoms with Gasteiger partial charge in [0.05, 0.1) is 13.7 Å². The maximum atomic E-state index is 11.0. The predicted molar refractivity (Wildman–Crippen MR) is 52.5 cm³/mol. The second kappa shape index (κ2) is 6.37. The van der Waals surface area contributed by atoms with Crippen LogP contribution in [-0.4, -0.2) is 43.0 Å². The Balaban J connectivity index is 4.02. The molecule has 0 bridgehead atoms. The zero-order valence-electron chi connectivity index (χ0n) is 8.95. The van der Waals surface area contributed by atoms with Crippen molar-refractivity contribution in [3.8, 4) is 0 Å². The number of esters is 1. The molecule has 82 valence electrons. The Morgan fingerprint density at radius 1 is 1.43 bits per heavy atom. The lowest BCUT2D eigenvalue weighted by Crippen LogP contribution is -2.38. The van der Waals surface area contributed by atoms with Crippen molar-refractivity contribution in [2.75, 3.05) is 20.2 Å². The molecule has 14 heavy (non-hydrogen) atoms. The molecule has 0 heterocycles. The van der Waals surface area contributed by atoms with Gasteiger partial charge in [0.2, 0.25) is 5.91 Å². The molecule has 0 aliphatic rings. The molecular formula is C9H18N2O3. The average molecular weight is 202 g/mol. The number of rotatable bonds is 6. The van der Waals surface area contributed by atoms with E-state index in [1.54, 1.807) is 0 Å². The summed E-state index contributed by atoms with van der Waals surface area (Å²) in [5.74, 6) is -0.663. The van der Waals surface area contributed by atoms with E-state index in [2.05, 4.69) is 4.74 Å². The van der Waals surface area contributed by atoms with Crippen LogP contribution in [0.3, 0.4) is 0 Å². The maximum absolute atomic E-state index is 11.0. The Morgan fingerprint density at radius 3 is 2.36 bits per heavy atom. The minimum Gasteiger partial charge on any atom is -0.468 e. The van der Waals surface area contributed by atoms with Gasteiger partial charge in [-0.2, -0.15) is 0 Å². The SMILES string of the molecule is COC(=O)CN(CCC(N)=O)C(C)C. The topological polar surface area (TPSA) is 72.6 Å². The molecule has 0 aromatic rings. The van der Waals surface area contributed by atoms with Crippen molar-refractivity contribution in [3.05, 3.63) is 0 Å². The molecule has 2 N–H and O–H groups in total. The number of amides is 1. The number of nitrogens with zero attached hydrogens (tertiary/aromatic N) is 1. The van der Waals surface area contributed by atoms with E-state index < -0.39 is 0 Å². The summed E-state index contributed by atoms with van der Waals surface area (Å²) in [6.07, 6.45) is 0.259. The first-order valence-electron chi connectivity index (χ1n) is 4.56. The van der Waals surface area contributed by atoms with Crippen LogP contribution in [0.1, 0.15) is 20.3 Å². The molecule has 5 nitrogen and oxygen atoms in total. The standard InChI is InChI=1S/C9H18N2O3/c1-7(2)11(5-4-8(10)12)6-9(13)14-3/h7H,4-6H2,1-3H3,(H2,10,12). The first kappa shape index (κ1) is 12.9. The van der Waals surface area contributed by atoms with E-state index in [0.717, 1.165) is 0 Å². The minimum atomic E-state index is -0.361. The summed E-state index contributed by atoms with van der Waals surface area (Å²) in [6, 6.07) is 0.188. The van der Waals surface area contributed by atoms with E-state index in [4.69, 9.17) is 5.73 Å². The number of hydrogen-bond donors (Lipinski definition) is 1. The summed E-state index contributed by atoms with van der Waals surface area (Å²) in [7, 11) is 1.34. The van der Waals surface area contributed by atoms with Crippen molar-refractivity contribution in [1.29, 1.82) is 0 Å². The van der Waals surface area contributed by atoms with E-state index >= 15 is 0 Å². The second-order valence-corrected chi connectivity index (χ2v) is 3.36. The third-order valence-corrected chi connectivity index (χ3v) is 1.94. The molecule has 0 spiro atoms. The van der Waals surface area contributed by atoms with Crippen molar-refractivity contribution in [2.45, 2.75) is 26.3 Å². The molecule has 0 rings (SSSR count). The van der Waals surface area contributed by atoms with E-state index in [1.165, 1.54) is 7.11 Å². The van der Waals surface area contributed by atoms with Gasteiger partial charge in [-0.1, -0.05) is 0 Å². The van der Waals surface area contributed by atoms with Crippen LogP contribution in [-0.2, 0) is 14.3 Å². The van der Waals surface area contributed by atoms with Crippen molar-refractivity contribution < 1.29 is 14.3 Å². The van der Waals surface area contributed by atoms with E-state index in [-0.39, 0.29) is 30.9 Å². The smallest absolute Gasteiger partial charge is 0.319 e. The summed E-state index contributed by atoms with van der Waals surface area (Å²) in [4.78, 5) is 23.4. The lowest BCUT2D eigenvalue weighted by molar-refractivity contribution is -0.142. The molecular weight excluding hydrogens is 184 g/mol. The van der Waals surface area contributed by atoms with Gasteiger partial charge in [-0.25, -0.2) is 0 Å².